The van der Waals surface area contributed by atoms with E-state index in [0.717, 1.165) is 13.1 Å². The average molecular weight is 481 g/mol. The molecule has 0 saturated carbocycles. The molecule has 2 aromatic carbocycles. The van der Waals surface area contributed by atoms with Crippen LogP contribution in [0.3, 0.4) is 0 Å². The fourth-order valence-corrected chi connectivity index (χ4v) is 4.13. The SMILES string of the molecule is C=CCOc1ccc(C(O)=C2C(=O)C(=O)N(CCN(CC)CC)[C@@H]2c2ccc(O)c(OC)c2)cc1. The van der Waals surface area contributed by atoms with Crippen LogP contribution in [0.25, 0.3) is 5.76 Å². The normalized spacial score (nSPS) is 17.1. The number of phenols is 1. The van der Waals surface area contributed by atoms with E-state index >= 15 is 0 Å². The van der Waals surface area contributed by atoms with Crippen molar-refractivity contribution in [2.24, 2.45) is 0 Å². The first-order valence-electron chi connectivity index (χ1n) is 11.6. The van der Waals surface area contributed by atoms with Gasteiger partial charge in [-0.1, -0.05) is 32.6 Å². The molecule has 3 rings (SSSR count). The van der Waals surface area contributed by atoms with E-state index in [2.05, 4.69) is 11.5 Å². The number of rotatable bonds is 11. The van der Waals surface area contributed by atoms with Crippen molar-refractivity contribution < 1.29 is 29.3 Å². The molecule has 1 fully saturated rings. The van der Waals surface area contributed by atoms with Gasteiger partial charge in [-0.15, -0.1) is 0 Å². The van der Waals surface area contributed by atoms with Crippen molar-refractivity contribution in [2.45, 2.75) is 19.9 Å². The average Bonchev–Trinajstić information content (AvgIpc) is 3.13. The number of likely N-dealkylation sites (tertiary alicyclic amines) is 1. The first kappa shape index (κ1) is 25.8. The summed E-state index contributed by atoms with van der Waals surface area (Å²) < 4.78 is 10.7. The smallest absolute Gasteiger partial charge is 0.295 e. The highest BCUT2D eigenvalue weighted by Crippen LogP contribution is 2.41. The van der Waals surface area contributed by atoms with Crippen molar-refractivity contribution in [1.29, 1.82) is 0 Å². The Hall–Kier alpha value is -3.78. The molecular formula is C27H32N2O6. The number of amides is 1. The van der Waals surface area contributed by atoms with E-state index in [1.165, 1.54) is 18.1 Å². The minimum atomic E-state index is -0.836. The number of hydrogen-bond acceptors (Lipinski definition) is 7. The molecule has 1 heterocycles. The van der Waals surface area contributed by atoms with Crippen LogP contribution in [-0.2, 0) is 9.59 Å². The lowest BCUT2D eigenvalue weighted by molar-refractivity contribution is -0.140. The van der Waals surface area contributed by atoms with Crippen LogP contribution in [0.15, 0.2) is 60.7 Å². The monoisotopic (exact) mass is 480 g/mol. The summed E-state index contributed by atoms with van der Waals surface area (Å²) in [6.45, 7) is 10.5. The zero-order valence-corrected chi connectivity index (χ0v) is 20.4. The van der Waals surface area contributed by atoms with E-state index in [0.29, 0.717) is 36.6 Å². The quantitative estimate of drug-likeness (QED) is 0.219. The maximum atomic E-state index is 13.2. The Morgan fingerprint density at radius 2 is 1.83 bits per heavy atom. The Kier molecular flexibility index (Phi) is 8.54. The Morgan fingerprint density at radius 1 is 1.14 bits per heavy atom. The molecule has 0 aliphatic carbocycles. The molecule has 0 spiro atoms. The first-order chi connectivity index (χ1) is 16.9. The van der Waals surface area contributed by atoms with E-state index in [9.17, 15) is 19.8 Å². The van der Waals surface area contributed by atoms with Crippen molar-refractivity contribution in [1.82, 2.24) is 9.80 Å². The summed E-state index contributed by atoms with van der Waals surface area (Å²) >= 11 is 0. The van der Waals surface area contributed by atoms with Gasteiger partial charge in [0.2, 0.25) is 0 Å². The Morgan fingerprint density at radius 3 is 2.43 bits per heavy atom. The number of benzene rings is 2. The predicted octanol–water partition coefficient (Wildman–Crippen LogP) is 3.73. The lowest BCUT2D eigenvalue weighted by atomic mass is 9.95. The molecule has 0 radical (unpaired) electrons. The third kappa shape index (κ3) is 5.49. The maximum absolute atomic E-state index is 13.2. The van der Waals surface area contributed by atoms with Crippen molar-refractivity contribution in [3.8, 4) is 17.2 Å². The van der Waals surface area contributed by atoms with Gasteiger partial charge in [0.15, 0.2) is 11.5 Å². The van der Waals surface area contributed by atoms with E-state index < -0.39 is 17.7 Å². The Balaban J connectivity index is 2.08. The summed E-state index contributed by atoms with van der Waals surface area (Å²) in [6.07, 6.45) is 1.62. The Bertz CT molecular complexity index is 1110. The molecule has 35 heavy (non-hydrogen) atoms. The van der Waals surface area contributed by atoms with Gasteiger partial charge >= 0.3 is 0 Å². The van der Waals surface area contributed by atoms with Gasteiger partial charge in [-0.25, -0.2) is 0 Å². The van der Waals surface area contributed by atoms with Crippen LogP contribution in [-0.4, -0.2) is 71.6 Å². The Labute approximate surface area is 205 Å². The maximum Gasteiger partial charge on any atom is 0.295 e. The third-order valence-electron chi connectivity index (χ3n) is 6.11. The van der Waals surface area contributed by atoms with Gasteiger partial charge in [0.05, 0.1) is 18.7 Å². The minimum absolute atomic E-state index is 0.0120. The molecule has 8 nitrogen and oxygen atoms in total. The molecule has 1 aliphatic heterocycles. The highest BCUT2D eigenvalue weighted by atomic mass is 16.5. The van der Waals surface area contributed by atoms with Crippen LogP contribution in [0.5, 0.6) is 17.2 Å². The number of ketones is 1. The van der Waals surface area contributed by atoms with Crippen LogP contribution in [0.2, 0.25) is 0 Å². The summed E-state index contributed by atoms with van der Waals surface area (Å²) in [5, 5.41) is 21.3. The van der Waals surface area contributed by atoms with Gasteiger partial charge < -0.3 is 29.5 Å². The number of ether oxygens (including phenoxy) is 2. The molecule has 1 atom stereocenters. The number of aliphatic hydroxyl groups is 1. The third-order valence-corrected chi connectivity index (χ3v) is 6.11. The number of Topliss-reactive ketones (excluding diaryl/α,β-unsaturated/α-hetero) is 1. The number of hydrogen-bond donors (Lipinski definition) is 2. The largest absolute Gasteiger partial charge is 0.507 e. The standard InChI is InChI=1S/C27H32N2O6/c1-5-16-35-20-11-8-18(9-12-20)25(31)23-24(19-10-13-21(30)22(17-19)34-4)29(27(33)26(23)32)15-14-28(6-2)7-3/h5,8-13,17,24,30-31H,1,6-7,14-16H2,2-4H3/t24-/m1/s1. The van der Waals surface area contributed by atoms with E-state index in [-0.39, 0.29) is 22.8 Å². The number of phenolic OH excluding ortho intramolecular Hbond substituents is 1. The van der Waals surface area contributed by atoms with Crippen LogP contribution in [0, 0.1) is 0 Å². The van der Waals surface area contributed by atoms with Gasteiger partial charge in [0.1, 0.15) is 18.1 Å². The number of nitrogens with zero attached hydrogens (tertiary/aromatic N) is 2. The zero-order chi connectivity index (χ0) is 25.5. The number of methoxy groups -OCH3 is 1. The van der Waals surface area contributed by atoms with Crippen LogP contribution in [0.4, 0.5) is 0 Å². The van der Waals surface area contributed by atoms with Gasteiger partial charge in [-0.3, -0.25) is 9.59 Å². The van der Waals surface area contributed by atoms with Gasteiger partial charge in [0, 0.05) is 18.7 Å². The summed E-state index contributed by atoms with van der Waals surface area (Å²) in [7, 11) is 1.42. The van der Waals surface area contributed by atoms with Crippen LogP contribution >= 0.6 is 0 Å². The molecule has 1 amide bonds. The van der Waals surface area contributed by atoms with Gasteiger partial charge in [-0.2, -0.15) is 0 Å². The molecule has 0 bridgehead atoms. The summed E-state index contributed by atoms with van der Waals surface area (Å²) in [5.74, 6) is -0.985. The molecule has 186 valence electrons. The topological polar surface area (TPSA) is 99.5 Å². The highest BCUT2D eigenvalue weighted by Gasteiger charge is 2.46. The summed E-state index contributed by atoms with van der Waals surface area (Å²) in [6, 6.07) is 10.4. The van der Waals surface area contributed by atoms with Crippen LogP contribution in [0.1, 0.15) is 31.0 Å². The van der Waals surface area contributed by atoms with Crippen molar-refractivity contribution in [2.75, 3.05) is 39.9 Å². The van der Waals surface area contributed by atoms with E-state index in [1.807, 2.05) is 13.8 Å². The molecular weight excluding hydrogens is 448 g/mol. The number of likely N-dealkylation sites (N-methyl/N-ethyl adjacent to an activating group) is 1. The lowest BCUT2D eigenvalue weighted by Crippen LogP contribution is -2.38. The second kappa shape index (κ2) is 11.6. The molecule has 0 aromatic heterocycles. The number of aliphatic hydroxyl groups excluding tert-OH is 1. The first-order valence-corrected chi connectivity index (χ1v) is 11.6. The van der Waals surface area contributed by atoms with Gasteiger partial charge in [0.25, 0.3) is 11.7 Å². The molecule has 2 aromatic rings. The number of carbonyl (C=O) groups excluding carboxylic acids is 2. The number of carbonyl (C=O) groups is 2. The molecule has 0 unspecified atom stereocenters. The fraction of sp³-hybridized carbons (Fsp3) is 0.333. The van der Waals surface area contributed by atoms with E-state index in [4.69, 9.17) is 9.47 Å². The number of aromatic hydroxyl groups is 1. The summed E-state index contributed by atoms with van der Waals surface area (Å²) in [4.78, 5) is 29.9. The van der Waals surface area contributed by atoms with Crippen molar-refractivity contribution in [3.63, 3.8) is 0 Å². The van der Waals surface area contributed by atoms with Crippen LogP contribution < -0.4 is 9.47 Å². The molecule has 1 saturated heterocycles. The fourth-order valence-electron chi connectivity index (χ4n) is 4.13. The highest BCUT2D eigenvalue weighted by molar-refractivity contribution is 6.46. The molecule has 2 N–H and O–H groups in total. The van der Waals surface area contributed by atoms with E-state index in [1.54, 1.807) is 42.5 Å². The second-order valence-corrected chi connectivity index (χ2v) is 8.07. The minimum Gasteiger partial charge on any atom is -0.507 e. The molecule has 1 aliphatic rings. The van der Waals surface area contributed by atoms with Crippen molar-refractivity contribution in [3.05, 3.63) is 71.8 Å². The molecule has 8 heteroatoms. The zero-order valence-electron chi connectivity index (χ0n) is 20.4. The summed E-state index contributed by atoms with van der Waals surface area (Å²) in [5.41, 5.74) is 0.918. The lowest BCUT2D eigenvalue weighted by Gasteiger charge is -2.28. The second-order valence-electron chi connectivity index (χ2n) is 8.07. The van der Waals surface area contributed by atoms with Crippen molar-refractivity contribution >= 4 is 17.4 Å². The predicted molar refractivity (Wildman–Crippen MR) is 134 cm³/mol. The van der Waals surface area contributed by atoms with Gasteiger partial charge in [-0.05, 0) is 55.1 Å².